The average molecular weight is 224 g/mol. The third kappa shape index (κ3) is 2.90. The molecule has 0 aliphatic carbocycles. The SMILES string of the molecule is C=CCN(CCO)C(=O)c1n[nH]c(CC)n1. The Morgan fingerprint density at radius 3 is 2.94 bits per heavy atom. The van der Waals surface area contributed by atoms with E-state index in [-0.39, 0.29) is 24.9 Å². The summed E-state index contributed by atoms with van der Waals surface area (Å²) < 4.78 is 0. The molecule has 1 rings (SSSR count). The number of H-pyrrole nitrogens is 1. The molecule has 1 aromatic heterocycles. The number of carbonyl (C=O) groups excluding carboxylic acids is 1. The van der Waals surface area contributed by atoms with E-state index in [1.165, 1.54) is 4.90 Å². The minimum Gasteiger partial charge on any atom is -0.395 e. The van der Waals surface area contributed by atoms with Crippen LogP contribution in [-0.2, 0) is 6.42 Å². The lowest BCUT2D eigenvalue weighted by atomic mass is 10.4. The lowest BCUT2D eigenvalue weighted by Crippen LogP contribution is -2.34. The first-order valence-corrected chi connectivity index (χ1v) is 5.15. The highest BCUT2D eigenvalue weighted by Crippen LogP contribution is 2.00. The number of aliphatic hydroxyl groups is 1. The number of aromatic nitrogens is 3. The lowest BCUT2D eigenvalue weighted by Gasteiger charge is -2.17. The summed E-state index contributed by atoms with van der Waals surface area (Å²) in [5, 5.41) is 15.3. The van der Waals surface area contributed by atoms with Gasteiger partial charge in [-0.2, -0.15) is 0 Å². The van der Waals surface area contributed by atoms with E-state index in [0.717, 1.165) is 0 Å². The van der Waals surface area contributed by atoms with Crippen LogP contribution in [-0.4, -0.2) is 50.8 Å². The van der Waals surface area contributed by atoms with E-state index >= 15 is 0 Å². The molecule has 2 N–H and O–H groups in total. The summed E-state index contributed by atoms with van der Waals surface area (Å²) in [5.41, 5.74) is 0. The predicted octanol–water partition coefficient (Wildman–Crippen LogP) is -0.0124. The van der Waals surface area contributed by atoms with Crippen molar-refractivity contribution in [3.63, 3.8) is 0 Å². The zero-order valence-electron chi connectivity index (χ0n) is 9.31. The summed E-state index contributed by atoms with van der Waals surface area (Å²) in [6.45, 7) is 6.01. The quantitative estimate of drug-likeness (QED) is 0.666. The van der Waals surface area contributed by atoms with Crippen molar-refractivity contribution in [2.45, 2.75) is 13.3 Å². The standard InChI is InChI=1S/C10H16N4O2/c1-3-5-14(6-7-15)10(16)9-11-8(4-2)12-13-9/h3,15H,1,4-7H2,2H3,(H,11,12,13). The second-order valence-corrected chi connectivity index (χ2v) is 3.22. The molecule has 1 aromatic rings. The Morgan fingerprint density at radius 2 is 2.44 bits per heavy atom. The largest absolute Gasteiger partial charge is 0.395 e. The van der Waals surface area contributed by atoms with Crippen LogP contribution in [0.2, 0.25) is 0 Å². The van der Waals surface area contributed by atoms with E-state index < -0.39 is 0 Å². The molecule has 16 heavy (non-hydrogen) atoms. The molecule has 0 bridgehead atoms. The maximum absolute atomic E-state index is 11.9. The van der Waals surface area contributed by atoms with E-state index in [9.17, 15) is 4.79 Å². The van der Waals surface area contributed by atoms with Gasteiger partial charge in [0.1, 0.15) is 5.82 Å². The molecular weight excluding hydrogens is 208 g/mol. The summed E-state index contributed by atoms with van der Waals surface area (Å²) in [5.74, 6) is 0.503. The van der Waals surface area contributed by atoms with Crippen LogP contribution in [0.25, 0.3) is 0 Å². The smallest absolute Gasteiger partial charge is 0.293 e. The van der Waals surface area contributed by atoms with Crippen molar-refractivity contribution in [1.82, 2.24) is 20.1 Å². The fourth-order valence-corrected chi connectivity index (χ4v) is 1.24. The first kappa shape index (κ1) is 12.4. The summed E-state index contributed by atoms with van der Waals surface area (Å²) in [6.07, 6.45) is 2.29. The van der Waals surface area contributed by atoms with Gasteiger partial charge >= 0.3 is 0 Å². The van der Waals surface area contributed by atoms with Gasteiger partial charge in [-0.1, -0.05) is 13.0 Å². The Morgan fingerprint density at radius 1 is 1.69 bits per heavy atom. The molecule has 6 heteroatoms. The Labute approximate surface area is 94.0 Å². The number of aliphatic hydroxyl groups excluding tert-OH is 1. The van der Waals surface area contributed by atoms with Gasteiger partial charge in [-0.05, 0) is 0 Å². The van der Waals surface area contributed by atoms with Crippen molar-refractivity contribution in [1.29, 1.82) is 0 Å². The van der Waals surface area contributed by atoms with Crippen LogP contribution in [0, 0.1) is 0 Å². The van der Waals surface area contributed by atoms with E-state index in [1.807, 2.05) is 6.92 Å². The molecule has 0 fully saturated rings. The van der Waals surface area contributed by atoms with E-state index in [4.69, 9.17) is 5.11 Å². The summed E-state index contributed by atoms with van der Waals surface area (Å²) >= 11 is 0. The van der Waals surface area contributed by atoms with Crippen LogP contribution in [0.4, 0.5) is 0 Å². The zero-order chi connectivity index (χ0) is 12.0. The summed E-state index contributed by atoms with van der Waals surface area (Å²) in [7, 11) is 0. The highest BCUT2D eigenvalue weighted by molar-refractivity contribution is 5.90. The van der Waals surface area contributed by atoms with Crippen molar-refractivity contribution >= 4 is 5.91 Å². The molecule has 0 saturated heterocycles. The first-order chi connectivity index (χ1) is 7.72. The number of hydrogen-bond acceptors (Lipinski definition) is 4. The first-order valence-electron chi connectivity index (χ1n) is 5.15. The molecule has 0 spiro atoms. The minimum atomic E-state index is -0.301. The number of aromatic amines is 1. The third-order valence-corrected chi connectivity index (χ3v) is 2.06. The van der Waals surface area contributed by atoms with Gasteiger partial charge in [0.25, 0.3) is 5.91 Å². The van der Waals surface area contributed by atoms with Crippen molar-refractivity contribution in [2.24, 2.45) is 0 Å². The molecule has 0 atom stereocenters. The van der Waals surface area contributed by atoms with E-state index in [1.54, 1.807) is 6.08 Å². The number of rotatable bonds is 6. The van der Waals surface area contributed by atoms with Crippen LogP contribution in [0.3, 0.4) is 0 Å². The van der Waals surface area contributed by atoms with E-state index in [0.29, 0.717) is 18.8 Å². The number of nitrogens with one attached hydrogen (secondary N) is 1. The summed E-state index contributed by atoms with van der Waals surface area (Å²) in [6, 6.07) is 0. The molecule has 88 valence electrons. The molecule has 6 nitrogen and oxygen atoms in total. The van der Waals surface area contributed by atoms with Crippen molar-refractivity contribution in [3.05, 3.63) is 24.3 Å². The number of amides is 1. The number of nitrogens with zero attached hydrogens (tertiary/aromatic N) is 3. The average Bonchev–Trinajstić information content (AvgIpc) is 2.76. The number of hydrogen-bond donors (Lipinski definition) is 2. The van der Waals surface area contributed by atoms with Crippen molar-refractivity contribution in [3.8, 4) is 0 Å². The summed E-state index contributed by atoms with van der Waals surface area (Å²) in [4.78, 5) is 17.4. The molecule has 0 aliphatic rings. The second-order valence-electron chi connectivity index (χ2n) is 3.22. The maximum atomic E-state index is 11.9. The molecule has 0 radical (unpaired) electrons. The monoisotopic (exact) mass is 224 g/mol. The zero-order valence-corrected chi connectivity index (χ0v) is 9.31. The topological polar surface area (TPSA) is 82.1 Å². The molecule has 1 heterocycles. The minimum absolute atomic E-state index is 0.0926. The van der Waals surface area contributed by atoms with Crippen LogP contribution in [0.1, 0.15) is 23.4 Å². The fourth-order valence-electron chi connectivity index (χ4n) is 1.24. The Balaban J connectivity index is 2.76. The van der Waals surface area contributed by atoms with Gasteiger partial charge in [0.15, 0.2) is 0 Å². The highest BCUT2D eigenvalue weighted by atomic mass is 16.3. The maximum Gasteiger partial charge on any atom is 0.293 e. The van der Waals surface area contributed by atoms with E-state index in [2.05, 4.69) is 21.8 Å². The van der Waals surface area contributed by atoms with Crippen molar-refractivity contribution < 1.29 is 9.90 Å². The molecule has 0 aliphatic heterocycles. The van der Waals surface area contributed by atoms with Gasteiger partial charge in [-0.25, -0.2) is 4.98 Å². The highest BCUT2D eigenvalue weighted by Gasteiger charge is 2.18. The van der Waals surface area contributed by atoms with Gasteiger partial charge in [0.05, 0.1) is 6.61 Å². The van der Waals surface area contributed by atoms with Crippen LogP contribution >= 0.6 is 0 Å². The Kier molecular flexibility index (Phi) is 4.65. The normalized spacial score (nSPS) is 10.1. The predicted molar refractivity (Wildman–Crippen MR) is 58.9 cm³/mol. The van der Waals surface area contributed by atoms with Gasteiger partial charge in [-0.15, -0.1) is 11.7 Å². The van der Waals surface area contributed by atoms with Crippen molar-refractivity contribution in [2.75, 3.05) is 19.7 Å². The third-order valence-electron chi connectivity index (χ3n) is 2.06. The second kappa shape index (κ2) is 6.02. The molecule has 0 aromatic carbocycles. The van der Waals surface area contributed by atoms with Crippen LogP contribution in [0.5, 0.6) is 0 Å². The Hall–Kier alpha value is -1.69. The number of aryl methyl sites for hydroxylation is 1. The lowest BCUT2D eigenvalue weighted by molar-refractivity contribution is 0.0731. The van der Waals surface area contributed by atoms with Gasteiger partial charge in [0.2, 0.25) is 5.82 Å². The van der Waals surface area contributed by atoms with Crippen LogP contribution in [0.15, 0.2) is 12.7 Å². The van der Waals surface area contributed by atoms with Gasteiger partial charge in [-0.3, -0.25) is 9.89 Å². The van der Waals surface area contributed by atoms with Crippen LogP contribution < -0.4 is 0 Å². The number of carbonyl (C=O) groups is 1. The molecular formula is C10H16N4O2. The fraction of sp³-hybridized carbons (Fsp3) is 0.500. The Bertz CT molecular complexity index is 361. The van der Waals surface area contributed by atoms with Gasteiger partial charge in [0, 0.05) is 19.5 Å². The molecule has 1 amide bonds. The molecule has 0 unspecified atom stereocenters. The molecule has 0 saturated carbocycles. The van der Waals surface area contributed by atoms with Gasteiger partial charge < -0.3 is 10.0 Å².